The summed E-state index contributed by atoms with van der Waals surface area (Å²) >= 11 is 14.2. The van der Waals surface area contributed by atoms with E-state index < -0.39 is 35.5 Å². The van der Waals surface area contributed by atoms with Crippen LogP contribution in [0.5, 0.6) is 0 Å². The van der Waals surface area contributed by atoms with Crippen LogP contribution in [-0.4, -0.2) is 23.8 Å². The number of thiophene rings is 2. The van der Waals surface area contributed by atoms with Crippen molar-refractivity contribution in [3.8, 4) is 22.3 Å². The van der Waals surface area contributed by atoms with Gasteiger partial charge in [0.05, 0.1) is 5.56 Å². The number of carbonyl (C=O) groups is 4. The lowest BCUT2D eigenvalue weighted by Crippen LogP contribution is -2.19. The number of ether oxygens (including phenoxy) is 1. The van der Waals surface area contributed by atoms with E-state index in [2.05, 4.69) is 10.6 Å². The minimum Gasteiger partial charge on any atom is -0.386 e. The van der Waals surface area contributed by atoms with Crippen LogP contribution in [0, 0.1) is 0 Å². The maximum Gasteiger partial charge on any atom is 0.416 e. The molecular formula is C39H25Cl2F3N2O5S2. The van der Waals surface area contributed by atoms with Gasteiger partial charge >= 0.3 is 18.1 Å². The fraction of sp³-hybridized carbons (Fsp3) is 0.0769. The fourth-order valence-corrected chi connectivity index (χ4v) is 7.38. The predicted molar refractivity (Wildman–Crippen MR) is 202 cm³/mol. The summed E-state index contributed by atoms with van der Waals surface area (Å²) in [6.07, 6.45) is -3.82. The van der Waals surface area contributed by atoms with Crippen LogP contribution in [0.2, 0.25) is 10.0 Å². The molecule has 0 aliphatic rings. The monoisotopic (exact) mass is 792 g/mol. The average Bonchev–Trinajstić information content (AvgIpc) is 3.76. The molecule has 0 unspecified atom stereocenters. The first-order chi connectivity index (χ1) is 25.3. The number of esters is 2. The third-order valence-electron chi connectivity index (χ3n) is 8.04. The molecule has 2 heterocycles. The normalized spacial score (nSPS) is 11.2. The van der Waals surface area contributed by atoms with Gasteiger partial charge in [-0.2, -0.15) is 13.2 Å². The minimum atomic E-state index is -4.60. The number of hydrogen-bond donors (Lipinski definition) is 2. The van der Waals surface area contributed by atoms with E-state index in [4.69, 9.17) is 27.9 Å². The Morgan fingerprint density at radius 1 is 0.623 bits per heavy atom. The molecule has 6 rings (SSSR count). The zero-order valence-electron chi connectivity index (χ0n) is 27.3. The first-order valence-electron chi connectivity index (χ1n) is 15.7. The SMILES string of the molecule is CCc1ccc(C(=O)Nc2scc(-c3ccc(Cl)cc3)c2C(=O)OC(=O)c2c(-c3ccc(Cl)cc3)csc2NC(=O)c2ccc(C(F)(F)F)cc2)cc1. The summed E-state index contributed by atoms with van der Waals surface area (Å²) in [6.45, 7) is 1.99. The maximum atomic E-state index is 14.0. The number of rotatable bonds is 9. The van der Waals surface area contributed by atoms with Crippen LogP contribution in [0.1, 0.15) is 59.5 Å². The van der Waals surface area contributed by atoms with Gasteiger partial charge in [0.2, 0.25) is 0 Å². The number of alkyl halides is 3. The largest absolute Gasteiger partial charge is 0.416 e. The molecule has 0 aliphatic heterocycles. The van der Waals surface area contributed by atoms with Gasteiger partial charge in [-0.1, -0.05) is 66.5 Å². The molecule has 0 saturated carbocycles. The minimum absolute atomic E-state index is 0.0232. The lowest BCUT2D eigenvalue weighted by molar-refractivity contribution is -0.137. The number of benzene rings is 4. The highest BCUT2D eigenvalue weighted by atomic mass is 35.5. The first kappa shape index (κ1) is 37.5. The fourth-order valence-electron chi connectivity index (χ4n) is 5.23. The first-order valence-corrected chi connectivity index (χ1v) is 18.2. The zero-order chi connectivity index (χ0) is 37.9. The van der Waals surface area contributed by atoms with E-state index in [9.17, 15) is 32.3 Å². The van der Waals surface area contributed by atoms with Crippen LogP contribution in [0.3, 0.4) is 0 Å². The molecule has 7 nitrogen and oxygen atoms in total. The lowest BCUT2D eigenvalue weighted by atomic mass is 10.0. The van der Waals surface area contributed by atoms with Crippen LogP contribution in [-0.2, 0) is 17.3 Å². The number of aryl methyl sites for hydroxylation is 1. The second-order valence-corrected chi connectivity index (χ2v) is 14.1. The van der Waals surface area contributed by atoms with E-state index in [1.165, 1.54) is 0 Å². The summed E-state index contributed by atoms with van der Waals surface area (Å²) in [6, 6.07) is 23.6. The molecule has 0 bridgehead atoms. The number of nitrogens with one attached hydrogen (secondary N) is 2. The highest BCUT2D eigenvalue weighted by Crippen LogP contribution is 2.40. The van der Waals surface area contributed by atoms with E-state index in [1.54, 1.807) is 71.4 Å². The molecule has 0 spiro atoms. The molecule has 0 fully saturated rings. The predicted octanol–water partition coefficient (Wildman–Crippen LogP) is 11.5. The summed E-state index contributed by atoms with van der Waals surface area (Å²) in [5.74, 6) is -3.52. The molecule has 0 radical (unpaired) electrons. The van der Waals surface area contributed by atoms with Crippen molar-refractivity contribution in [2.24, 2.45) is 0 Å². The highest BCUT2D eigenvalue weighted by molar-refractivity contribution is 7.15. The second-order valence-electron chi connectivity index (χ2n) is 11.4. The van der Waals surface area contributed by atoms with Crippen molar-refractivity contribution in [2.45, 2.75) is 19.5 Å². The number of anilines is 2. The molecular weight excluding hydrogens is 768 g/mol. The van der Waals surface area contributed by atoms with Gasteiger partial charge in [0, 0.05) is 43.1 Å². The Balaban J connectivity index is 1.35. The van der Waals surface area contributed by atoms with Crippen molar-refractivity contribution in [3.63, 3.8) is 0 Å². The van der Waals surface area contributed by atoms with Crippen molar-refractivity contribution in [1.82, 2.24) is 0 Å². The third kappa shape index (κ3) is 8.52. The lowest BCUT2D eigenvalue weighted by Gasteiger charge is -2.12. The Kier molecular flexibility index (Phi) is 11.2. The summed E-state index contributed by atoms with van der Waals surface area (Å²) in [7, 11) is 0. The Hall–Kier alpha value is -5.27. The standard InChI is InChI=1S/C39H25Cl2F3N2O5S2/c1-2-21-3-5-24(6-4-21)33(47)45-35-31(29(19-52-35)22-9-15-27(40)16-10-22)37(49)51-38(50)32-30(23-11-17-28(41)18-12-23)20-53-36(32)46-34(48)25-7-13-26(14-8-25)39(42,43)44/h3-20H,2H2,1H3,(H,45,47)(H,46,48). The van der Waals surface area contributed by atoms with Gasteiger partial charge in [0.15, 0.2) is 0 Å². The number of halogens is 5. The molecule has 14 heteroatoms. The van der Waals surface area contributed by atoms with E-state index in [-0.39, 0.29) is 26.7 Å². The summed E-state index contributed by atoms with van der Waals surface area (Å²) in [5, 5.41) is 9.51. The quantitative estimate of drug-likeness (QED) is 0.112. The van der Waals surface area contributed by atoms with Crippen LogP contribution >= 0.6 is 45.9 Å². The zero-order valence-corrected chi connectivity index (χ0v) is 30.5. The number of hydrogen-bond acceptors (Lipinski definition) is 7. The molecule has 0 atom stereocenters. The number of carbonyl (C=O) groups excluding carboxylic acids is 4. The Morgan fingerprint density at radius 3 is 1.40 bits per heavy atom. The van der Waals surface area contributed by atoms with E-state index in [1.807, 2.05) is 19.1 Å². The van der Waals surface area contributed by atoms with E-state index >= 15 is 0 Å². The topological polar surface area (TPSA) is 102 Å². The molecule has 0 aliphatic carbocycles. The van der Waals surface area contributed by atoms with E-state index in [0.29, 0.717) is 37.9 Å². The van der Waals surface area contributed by atoms with E-state index in [0.717, 1.165) is 58.9 Å². The number of amides is 2. The van der Waals surface area contributed by atoms with Gasteiger partial charge in [-0.3, -0.25) is 9.59 Å². The van der Waals surface area contributed by atoms with Gasteiger partial charge in [-0.05, 0) is 83.8 Å². The summed E-state index contributed by atoms with van der Waals surface area (Å²) < 4.78 is 44.9. The molecule has 2 aromatic heterocycles. The van der Waals surface area contributed by atoms with Gasteiger partial charge in [-0.15, -0.1) is 22.7 Å². The van der Waals surface area contributed by atoms with Crippen LogP contribution < -0.4 is 10.6 Å². The molecule has 53 heavy (non-hydrogen) atoms. The summed E-state index contributed by atoms with van der Waals surface area (Å²) in [5.41, 5.74) is 1.77. The molecule has 268 valence electrons. The van der Waals surface area contributed by atoms with Crippen molar-refractivity contribution < 1.29 is 37.1 Å². The van der Waals surface area contributed by atoms with Crippen molar-refractivity contribution >= 4 is 79.6 Å². The summed E-state index contributed by atoms with van der Waals surface area (Å²) in [4.78, 5) is 54.6. The Morgan fingerprint density at radius 2 is 1.02 bits per heavy atom. The molecule has 2 amide bonds. The molecule has 0 saturated heterocycles. The third-order valence-corrected chi connectivity index (χ3v) is 10.3. The van der Waals surface area contributed by atoms with Gasteiger partial charge in [-0.25, -0.2) is 9.59 Å². The molecule has 6 aromatic rings. The average molecular weight is 794 g/mol. The smallest absolute Gasteiger partial charge is 0.386 e. The van der Waals surface area contributed by atoms with Crippen molar-refractivity contribution in [3.05, 3.63) is 151 Å². The van der Waals surface area contributed by atoms with Crippen LogP contribution in [0.15, 0.2) is 108 Å². The van der Waals surface area contributed by atoms with Crippen LogP contribution in [0.25, 0.3) is 22.3 Å². The van der Waals surface area contributed by atoms with Gasteiger partial charge in [0.1, 0.15) is 21.1 Å². The molecule has 2 N–H and O–H groups in total. The van der Waals surface area contributed by atoms with Crippen molar-refractivity contribution in [2.75, 3.05) is 10.6 Å². The van der Waals surface area contributed by atoms with Gasteiger partial charge < -0.3 is 15.4 Å². The Labute approximate surface area is 319 Å². The van der Waals surface area contributed by atoms with Gasteiger partial charge in [0.25, 0.3) is 11.8 Å². The van der Waals surface area contributed by atoms with Crippen molar-refractivity contribution in [1.29, 1.82) is 0 Å². The highest BCUT2D eigenvalue weighted by Gasteiger charge is 2.32. The second kappa shape index (κ2) is 15.8. The molecule has 4 aromatic carbocycles. The maximum absolute atomic E-state index is 14.0. The Bertz CT molecular complexity index is 2320. The van der Waals surface area contributed by atoms with Crippen LogP contribution in [0.4, 0.5) is 23.2 Å².